The Morgan fingerprint density at radius 2 is 1.93 bits per heavy atom. The number of carbonyl (C=O) groups excluding carboxylic acids is 1. The molecule has 1 aliphatic rings. The fraction of sp³-hybridized carbons (Fsp3) is 0.400. The number of carbonyl (C=O) groups is 1. The van der Waals surface area contributed by atoms with Gasteiger partial charge in [0.15, 0.2) is 11.5 Å². The number of piperidine rings is 1. The van der Waals surface area contributed by atoms with Gasteiger partial charge in [-0.3, -0.25) is 4.98 Å². The van der Waals surface area contributed by atoms with Crippen LogP contribution in [0, 0.1) is 5.92 Å². The second-order valence-corrected chi connectivity index (χ2v) is 8.85. The minimum atomic E-state index is -3.53. The van der Waals surface area contributed by atoms with E-state index < -0.39 is 10.0 Å². The van der Waals surface area contributed by atoms with Crippen LogP contribution in [0.25, 0.3) is 0 Å². The second-order valence-electron chi connectivity index (χ2n) is 6.91. The maximum Gasteiger partial charge on any atom is 0.319 e. The van der Waals surface area contributed by atoms with E-state index in [9.17, 15) is 13.2 Å². The molecule has 2 amide bonds. The molecule has 1 saturated heterocycles. The van der Waals surface area contributed by atoms with E-state index >= 15 is 0 Å². The van der Waals surface area contributed by atoms with Crippen LogP contribution in [-0.4, -0.2) is 57.6 Å². The molecule has 0 bridgehead atoms. The molecule has 162 valence electrons. The lowest BCUT2D eigenvalue weighted by atomic mass is 9.98. The Balaban J connectivity index is 1.50. The van der Waals surface area contributed by atoms with Crippen LogP contribution in [-0.2, 0) is 10.0 Å². The van der Waals surface area contributed by atoms with Crippen molar-refractivity contribution in [2.75, 3.05) is 39.2 Å². The molecule has 0 radical (unpaired) electrons. The molecule has 1 aromatic heterocycles. The number of methoxy groups -OCH3 is 2. The van der Waals surface area contributed by atoms with Crippen LogP contribution in [0.3, 0.4) is 0 Å². The third kappa shape index (κ3) is 5.00. The highest BCUT2D eigenvalue weighted by Gasteiger charge is 2.29. The molecular formula is C20H26N4O5S. The fourth-order valence-corrected chi connectivity index (χ4v) is 4.83. The Labute approximate surface area is 176 Å². The highest BCUT2D eigenvalue weighted by atomic mass is 32.2. The molecule has 30 heavy (non-hydrogen) atoms. The predicted molar refractivity (Wildman–Crippen MR) is 112 cm³/mol. The SMILES string of the molecule is COc1cccc(NC(=O)NCC2CCN(S(=O)(=O)c3cccnc3)CC2)c1OC. The van der Waals surface area contributed by atoms with Crippen molar-refractivity contribution >= 4 is 21.7 Å². The molecule has 10 heteroatoms. The van der Waals surface area contributed by atoms with Gasteiger partial charge >= 0.3 is 6.03 Å². The zero-order valence-corrected chi connectivity index (χ0v) is 17.8. The number of aromatic nitrogens is 1. The molecule has 0 saturated carbocycles. The summed E-state index contributed by atoms with van der Waals surface area (Å²) in [7, 11) is -0.488. The number of ether oxygens (including phenoxy) is 2. The summed E-state index contributed by atoms with van der Waals surface area (Å²) in [5, 5.41) is 5.61. The Kier molecular flexibility index (Phi) is 7.11. The van der Waals surface area contributed by atoms with E-state index in [0.717, 1.165) is 0 Å². The number of amides is 2. The number of hydrogen-bond donors (Lipinski definition) is 2. The number of nitrogens with one attached hydrogen (secondary N) is 2. The lowest BCUT2D eigenvalue weighted by molar-refractivity contribution is 0.240. The number of benzene rings is 1. The third-order valence-corrected chi connectivity index (χ3v) is 6.93. The van der Waals surface area contributed by atoms with Gasteiger partial charge in [-0.25, -0.2) is 13.2 Å². The molecule has 9 nitrogen and oxygen atoms in total. The van der Waals surface area contributed by atoms with Gasteiger partial charge in [0.05, 0.1) is 19.9 Å². The monoisotopic (exact) mass is 434 g/mol. The van der Waals surface area contributed by atoms with Crippen molar-refractivity contribution < 1.29 is 22.7 Å². The molecule has 2 aromatic rings. The number of anilines is 1. The Morgan fingerprint density at radius 1 is 1.17 bits per heavy atom. The summed E-state index contributed by atoms with van der Waals surface area (Å²) in [6.45, 7) is 1.28. The van der Waals surface area contributed by atoms with Gasteiger partial charge in [0, 0.05) is 32.0 Å². The molecular weight excluding hydrogens is 408 g/mol. The topological polar surface area (TPSA) is 110 Å². The molecule has 1 aliphatic heterocycles. The standard InChI is InChI=1S/C20H26N4O5S/c1-28-18-7-3-6-17(19(18)29-2)23-20(25)22-13-15-8-11-24(12-9-15)30(26,27)16-5-4-10-21-14-16/h3-7,10,14-15H,8-9,11-13H2,1-2H3,(H2,22,23,25). The van der Waals surface area contributed by atoms with E-state index in [1.165, 1.54) is 24.7 Å². The van der Waals surface area contributed by atoms with Crippen molar-refractivity contribution in [3.8, 4) is 11.5 Å². The van der Waals surface area contributed by atoms with E-state index in [2.05, 4.69) is 15.6 Å². The van der Waals surface area contributed by atoms with Gasteiger partial charge in [-0.2, -0.15) is 4.31 Å². The van der Waals surface area contributed by atoms with E-state index in [1.54, 1.807) is 36.5 Å². The molecule has 1 aromatic carbocycles. The quantitative estimate of drug-likeness (QED) is 0.692. The highest BCUT2D eigenvalue weighted by molar-refractivity contribution is 7.89. The van der Waals surface area contributed by atoms with Crippen LogP contribution in [0.2, 0.25) is 0 Å². The van der Waals surface area contributed by atoms with Crippen LogP contribution in [0.4, 0.5) is 10.5 Å². The van der Waals surface area contributed by atoms with Crippen molar-refractivity contribution in [2.24, 2.45) is 5.92 Å². The van der Waals surface area contributed by atoms with Crippen molar-refractivity contribution in [3.05, 3.63) is 42.7 Å². The molecule has 2 heterocycles. The summed E-state index contributed by atoms with van der Waals surface area (Å²) >= 11 is 0. The van der Waals surface area contributed by atoms with Gasteiger partial charge in [-0.05, 0) is 43.0 Å². The van der Waals surface area contributed by atoms with Gasteiger partial charge in [-0.1, -0.05) is 6.07 Å². The van der Waals surface area contributed by atoms with Crippen LogP contribution in [0.1, 0.15) is 12.8 Å². The van der Waals surface area contributed by atoms with Gasteiger partial charge in [0.2, 0.25) is 10.0 Å². The zero-order valence-electron chi connectivity index (χ0n) is 17.0. The summed E-state index contributed by atoms with van der Waals surface area (Å²) in [6, 6.07) is 8.03. The fourth-order valence-electron chi connectivity index (χ4n) is 3.39. The van der Waals surface area contributed by atoms with Gasteiger partial charge in [0.25, 0.3) is 0 Å². The maximum atomic E-state index is 12.7. The van der Waals surface area contributed by atoms with E-state index in [0.29, 0.717) is 49.7 Å². The van der Waals surface area contributed by atoms with Crippen LogP contribution in [0.15, 0.2) is 47.6 Å². The molecule has 0 unspecified atom stereocenters. The number of hydrogen-bond acceptors (Lipinski definition) is 6. The number of pyridine rings is 1. The normalized spacial score (nSPS) is 15.4. The first-order valence-electron chi connectivity index (χ1n) is 9.61. The van der Waals surface area contributed by atoms with Gasteiger partial charge in [-0.15, -0.1) is 0 Å². The van der Waals surface area contributed by atoms with Crippen molar-refractivity contribution in [1.82, 2.24) is 14.6 Å². The summed E-state index contributed by atoms with van der Waals surface area (Å²) in [4.78, 5) is 16.4. The van der Waals surface area contributed by atoms with Crippen LogP contribution < -0.4 is 20.1 Å². The van der Waals surface area contributed by atoms with E-state index in [4.69, 9.17) is 9.47 Å². The predicted octanol–water partition coefficient (Wildman–Crippen LogP) is 2.32. The first-order chi connectivity index (χ1) is 14.5. The maximum absolute atomic E-state index is 12.7. The van der Waals surface area contributed by atoms with Crippen molar-refractivity contribution in [3.63, 3.8) is 0 Å². The number of para-hydroxylation sites is 1. The average Bonchev–Trinajstić information content (AvgIpc) is 2.78. The minimum Gasteiger partial charge on any atom is -0.493 e. The van der Waals surface area contributed by atoms with E-state index in [1.807, 2.05) is 0 Å². The molecule has 0 atom stereocenters. The summed E-state index contributed by atoms with van der Waals surface area (Å²) < 4.78 is 37.3. The van der Waals surface area contributed by atoms with Crippen LogP contribution >= 0.6 is 0 Å². The first-order valence-corrected chi connectivity index (χ1v) is 11.1. The van der Waals surface area contributed by atoms with Gasteiger partial charge in [0.1, 0.15) is 4.90 Å². The second kappa shape index (κ2) is 9.77. The summed E-state index contributed by atoms with van der Waals surface area (Å²) in [6.07, 6.45) is 4.24. The number of rotatable bonds is 7. The lowest BCUT2D eigenvalue weighted by Gasteiger charge is -2.31. The molecule has 1 fully saturated rings. The third-order valence-electron chi connectivity index (χ3n) is 5.05. The van der Waals surface area contributed by atoms with Crippen LogP contribution in [0.5, 0.6) is 11.5 Å². The smallest absolute Gasteiger partial charge is 0.319 e. The molecule has 3 rings (SSSR count). The molecule has 0 aliphatic carbocycles. The molecule has 2 N–H and O–H groups in total. The van der Waals surface area contributed by atoms with E-state index in [-0.39, 0.29) is 16.8 Å². The Hall–Kier alpha value is -2.85. The minimum absolute atomic E-state index is 0.198. The number of urea groups is 1. The highest BCUT2D eigenvalue weighted by Crippen LogP contribution is 2.34. The summed E-state index contributed by atoms with van der Waals surface area (Å²) in [5.74, 6) is 1.17. The van der Waals surface area contributed by atoms with Crippen molar-refractivity contribution in [2.45, 2.75) is 17.7 Å². The first kappa shape index (κ1) is 21.8. The largest absolute Gasteiger partial charge is 0.493 e. The number of sulfonamides is 1. The Bertz CT molecular complexity index is 960. The summed E-state index contributed by atoms with van der Waals surface area (Å²) in [5.41, 5.74) is 0.506. The Morgan fingerprint density at radius 3 is 2.57 bits per heavy atom. The zero-order chi connectivity index (χ0) is 21.6. The van der Waals surface area contributed by atoms with Gasteiger partial charge < -0.3 is 20.1 Å². The average molecular weight is 435 g/mol. The lowest BCUT2D eigenvalue weighted by Crippen LogP contribution is -2.42. The number of nitrogens with zero attached hydrogens (tertiary/aromatic N) is 2. The van der Waals surface area contributed by atoms with Crippen molar-refractivity contribution in [1.29, 1.82) is 0 Å². The molecule has 0 spiro atoms.